The van der Waals surface area contributed by atoms with Crippen LogP contribution in [-0.4, -0.2) is 11.5 Å². The van der Waals surface area contributed by atoms with E-state index >= 15 is 0 Å². The van der Waals surface area contributed by atoms with Crippen LogP contribution in [0.1, 0.15) is 43.5 Å². The molecule has 3 heteroatoms. The number of nitrogens with two attached hydrogens (primary N) is 1. The molecule has 1 heterocycles. The summed E-state index contributed by atoms with van der Waals surface area (Å²) in [7, 11) is 0. The summed E-state index contributed by atoms with van der Waals surface area (Å²) in [4.78, 5) is 4.51. The monoisotopic (exact) mass is 194 g/mol. The lowest BCUT2D eigenvalue weighted by Crippen LogP contribution is -2.21. The quantitative estimate of drug-likeness (QED) is 0.781. The lowest BCUT2D eigenvalue weighted by molar-refractivity contribution is 0.376. The molecule has 1 aromatic rings. The van der Waals surface area contributed by atoms with Crippen LogP contribution in [0.3, 0.4) is 0 Å². The molecule has 0 amide bonds. The Hall–Kier alpha value is -0.830. The van der Waals surface area contributed by atoms with Gasteiger partial charge in [0.25, 0.3) is 0 Å². The Morgan fingerprint density at radius 3 is 3.00 bits per heavy atom. The van der Waals surface area contributed by atoms with Crippen LogP contribution in [0.5, 0.6) is 0 Å². The highest BCUT2D eigenvalue weighted by Crippen LogP contribution is 2.27. The smallest absolute Gasteiger partial charge is 0.197 e. The lowest BCUT2D eigenvalue weighted by Gasteiger charge is -2.17. The minimum Gasteiger partial charge on any atom is -0.445 e. The van der Waals surface area contributed by atoms with Gasteiger partial charge in [-0.3, -0.25) is 0 Å². The Balaban J connectivity index is 2.21. The molecule has 3 nitrogen and oxygen atoms in total. The summed E-state index contributed by atoms with van der Waals surface area (Å²) in [5, 5.41) is 0. The van der Waals surface area contributed by atoms with Crippen molar-refractivity contribution in [1.82, 2.24) is 4.98 Å². The Kier molecular flexibility index (Phi) is 2.59. The second kappa shape index (κ2) is 3.73. The van der Waals surface area contributed by atoms with Crippen molar-refractivity contribution in [2.24, 2.45) is 11.7 Å². The molecule has 1 aliphatic rings. The molecule has 0 aliphatic heterocycles. The first kappa shape index (κ1) is 9.71. The predicted octanol–water partition coefficient (Wildman–Crippen LogP) is 1.86. The van der Waals surface area contributed by atoms with Gasteiger partial charge in [0.05, 0.1) is 5.69 Å². The third-order valence-electron chi connectivity index (χ3n) is 2.89. The first-order valence-corrected chi connectivity index (χ1v) is 5.39. The first-order chi connectivity index (χ1) is 6.70. The summed E-state index contributed by atoms with van der Waals surface area (Å²) in [6.45, 7) is 4.98. The summed E-state index contributed by atoms with van der Waals surface area (Å²) in [6.07, 6.45) is 3.17. The van der Waals surface area contributed by atoms with Gasteiger partial charge in [0.2, 0.25) is 0 Å². The van der Waals surface area contributed by atoms with E-state index < -0.39 is 0 Å². The van der Waals surface area contributed by atoms with Gasteiger partial charge in [-0.2, -0.15) is 0 Å². The third kappa shape index (κ3) is 1.69. The van der Waals surface area contributed by atoms with Gasteiger partial charge in [0.1, 0.15) is 5.76 Å². The minimum atomic E-state index is 0.386. The van der Waals surface area contributed by atoms with Gasteiger partial charge in [-0.1, -0.05) is 13.8 Å². The number of hydrogen-bond donors (Lipinski definition) is 1. The molecular formula is C11H18N2O. The van der Waals surface area contributed by atoms with E-state index in [0.29, 0.717) is 11.8 Å². The van der Waals surface area contributed by atoms with Gasteiger partial charge in [-0.05, 0) is 25.3 Å². The highest BCUT2D eigenvalue weighted by Gasteiger charge is 2.23. The van der Waals surface area contributed by atoms with Gasteiger partial charge in [0, 0.05) is 12.3 Å². The second-order valence-electron chi connectivity index (χ2n) is 4.42. The minimum absolute atomic E-state index is 0.386. The number of nitrogens with zero attached hydrogens (tertiary/aromatic N) is 1. The zero-order valence-electron chi connectivity index (χ0n) is 8.92. The lowest BCUT2D eigenvalue weighted by atomic mass is 9.91. The van der Waals surface area contributed by atoms with Crippen LogP contribution in [0.15, 0.2) is 4.42 Å². The maximum atomic E-state index is 5.73. The fourth-order valence-corrected chi connectivity index (χ4v) is 1.91. The van der Waals surface area contributed by atoms with Crippen LogP contribution < -0.4 is 5.73 Å². The highest BCUT2D eigenvalue weighted by atomic mass is 16.4. The summed E-state index contributed by atoms with van der Waals surface area (Å²) < 4.78 is 5.73. The third-order valence-corrected chi connectivity index (χ3v) is 2.89. The van der Waals surface area contributed by atoms with Crippen molar-refractivity contribution in [1.29, 1.82) is 0 Å². The Morgan fingerprint density at radius 1 is 1.57 bits per heavy atom. The number of aromatic nitrogens is 1. The standard InChI is InChI=1S/C11H18N2O/c1-7(2)11-13-9-4-3-8(6-12)5-10(9)14-11/h7-8H,3-6,12H2,1-2H3. The zero-order valence-corrected chi connectivity index (χ0v) is 8.92. The molecule has 0 radical (unpaired) electrons. The van der Waals surface area contributed by atoms with Crippen LogP contribution in [0.4, 0.5) is 0 Å². The normalized spacial score (nSPS) is 21.3. The molecular weight excluding hydrogens is 176 g/mol. The largest absolute Gasteiger partial charge is 0.445 e. The van der Waals surface area contributed by atoms with E-state index in [1.54, 1.807) is 0 Å². The zero-order chi connectivity index (χ0) is 10.1. The van der Waals surface area contributed by atoms with Crippen LogP contribution in [0.2, 0.25) is 0 Å². The van der Waals surface area contributed by atoms with Gasteiger partial charge >= 0.3 is 0 Å². The Morgan fingerprint density at radius 2 is 2.36 bits per heavy atom. The van der Waals surface area contributed by atoms with Gasteiger partial charge in [-0.25, -0.2) is 4.98 Å². The van der Waals surface area contributed by atoms with Crippen molar-refractivity contribution in [3.05, 3.63) is 17.3 Å². The molecule has 0 saturated heterocycles. The first-order valence-electron chi connectivity index (χ1n) is 5.39. The number of hydrogen-bond acceptors (Lipinski definition) is 3. The summed E-state index contributed by atoms with van der Waals surface area (Å²) in [5.74, 6) is 2.94. The molecule has 0 aromatic carbocycles. The molecule has 2 rings (SSSR count). The maximum Gasteiger partial charge on any atom is 0.197 e. The van der Waals surface area contributed by atoms with Gasteiger partial charge in [-0.15, -0.1) is 0 Å². The van der Waals surface area contributed by atoms with E-state index in [9.17, 15) is 0 Å². The number of rotatable bonds is 2. The molecule has 1 atom stereocenters. The Labute approximate surface area is 84.7 Å². The van der Waals surface area contributed by atoms with Crippen LogP contribution in [-0.2, 0) is 12.8 Å². The highest BCUT2D eigenvalue weighted by molar-refractivity contribution is 5.15. The van der Waals surface area contributed by atoms with Crippen LogP contribution in [0, 0.1) is 5.92 Å². The van der Waals surface area contributed by atoms with E-state index in [0.717, 1.165) is 37.5 Å². The molecule has 1 aliphatic carbocycles. The second-order valence-corrected chi connectivity index (χ2v) is 4.42. The average Bonchev–Trinajstić information content (AvgIpc) is 2.59. The molecule has 14 heavy (non-hydrogen) atoms. The molecule has 0 spiro atoms. The molecule has 1 aromatic heterocycles. The summed E-state index contributed by atoms with van der Waals surface area (Å²) in [5.41, 5.74) is 6.83. The average molecular weight is 194 g/mol. The number of fused-ring (bicyclic) bond motifs is 1. The molecule has 78 valence electrons. The molecule has 0 bridgehead atoms. The van der Waals surface area contributed by atoms with Crippen molar-refractivity contribution < 1.29 is 4.42 Å². The SMILES string of the molecule is CC(C)c1nc2c(o1)CC(CN)CC2. The van der Waals surface area contributed by atoms with Gasteiger partial charge < -0.3 is 10.2 Å². The van der Waals surface area contributed by atoms with E-state index in [2.05, 4.69) is 18.8 Å². The summed E-state index contributed by atoms with van der Waals surface area (Å²) >= 11 is 0. The fourth-order valence-electron chi connectivity index (χ4n) is 1.91. The molecule has 2 N–H and O–H groups in total. The topological polar surface area (TPSA) is 52.0 Å². The van der Waals surface area contributed by atoms with E-state index in [1.807, 2.05) is 0 Å². The van der Waals surface area contributed by atoms with Crippen molar-refractivity contribution in [2.45, 2.75) is 39.0 Å². The molecule has 0 saturated carbocycles. The van der Waals surface area contributed by atoms with Crippen molar-refractivity contribution in [2.75, 3.05) is 6.54 Å². The van der Waals surface area contributed by atoms with E-state index in [1.165, 1.54) is 5.69 Å². The number of oxazole rings is 1. The molecule has 1 unspecified atom stereocenters. The number of aryl methyl sites for hydroxylation is 1. The van der Waals surface area contributed by atoms with Crippen molar-refractivity contribution in [3.63, 3.8) is 0 Å². The van der Waals surface area contributed by atoms with Crippen LogP contribution in [0.25, 0.3) is 0 Å². The van der Waals surface area contributed by atoms with Crippen molar-refractivity contribution in [3.8, 4) is 0 Å². The maximum absolute atomic E-state index is 5.73. The van der Waals surface area contributed by atoms with E-state index in [-0.39, 0.29) is 0 Å². The fraction of sp³-hybridized carbons (Fsp3) is 0.727. The molecule has 0 fully saturated rings. The van der Waals surface area contributed by atoms with Crippen molar-refractivity contribution >= 4 is 0 Å². The van der Waals surface area contributed by atoms with Gasteiger partial charge in [0.15, 0.2) is 5.89 Å². The predicted molar refractivity (Wildman–Crippen MR) is 55.2 cm³/mol. The van der Waals surface area contributed by atoms with Crippen LogP contribution >= 0.6 is 0 Å². The Bertz CT molecular complexity index is 317. The summed E-state index contributed by atoms with van der Waals surface area (Å²) in [6, 6.07) is 0. The van der Waals surface area contributed by atoms with E-state index in [4.69, 9.17) is 10.2 Å².